The molecule has 15 heavy (non-hydrogen) atoms. The van der Waals surface area contributed by atoms with Crippen LogP contribution < -0.4 is 0 Å². The Morgan fingerprint density at radius 3 is 2.33 bits per heavy atom. The Kier molecular flexibility index (Phi) is 2.88. The van der Waals surface area contributed by atoms with Gasteiger partial charge in [0.15, 0.2) is 0 Å². The molecule has 1 rings (SSSR count). The summed E-state index contributed by atoms with van der Waals surface area (Å²) in [7, 11) is 0. The highest BCUT2D eigenvalue weighted by Gasteiger charge is 2.33. The van der Waals surface area contributed by atoms with Gasteiger partial charge in [-0.2, -0.15) is 18.4 Å². The molecule has 0 aromatic carbocycles. The van der Waals surface area contributed by atoms with E-state index >= 15 is 0 Å². The second-order valence-electron chi connectivity index (χ2n) is 2.57. The van der Waals surface area contributed by atoms with Crippen molar-refractivity contribution in [2.24, 2.45) is 0 Å². The quantitative estimate of drug-likeness (QED) is 0.685. The van der Waals surface area contributed by atoms with Crippen molar-refractivity contribution in [3.05, 3.63) is 29.1 Å². The molecule has 0 saturated heterocycles. The molecule has 80 valence electrons. The van der Waals surface area contributed by atoms with Gasteiger partial charge in [-0.3, -0.25) is 4.98 Å². The van der Waals surface area contributed by atoms with Crippen molar-refractivity contribution in [2.75, 3.05) is 0 Å². The summed E-state index contributed by atoms with van der Waals surface area (Å²) < 4.78 is 60.7. The number of aromatic nitrogens is 1. The second kappa shape index (κ2) is 3.81. The normalized spacial score (nSPS) is 11.5. The Bertz CT molecular complexity index is 404. The summed E-state index contributed by atoms with van der Waals surface area (Å²) in [6, 6.07) is 1.53. The van der Waals surface area contributed by atoms with Gasteiger partial charge < -0.3 is 0 Å². The maximum atomic E-state index is 12.2. The molecule has 0 saturated carbocycles. The lowest BCUT2D eigenvalue weighted by Crippen LogP contribution is -2.09. The minimum Gasteiger partial charge on any atom is -0.250 e. The van der Waals surface area contributed by atoms with Gasteiger partial charge in [0.25, 0.3) is 6.43 Å². The van der Waals surface area contributed by atoms with Crippen LogP contribution >= 0.6 is 0 Å². The molecule has 7 heteroatoms. The van der Waals surface area contributed by atoms with E-state index in [0.717, 1.165) is 0 Å². The maximum absolute atomic E-state index is 12.2. The van der Waals surface area contributed by atoms with E-state index < -0.39 is 29.4 Å². The SMILES string of the molecule is N#Cc1cnc(C(F)(F)F)cc1C(F)F. The molecule has 0 aliphatic rings. The minimum absolute atomic E-state index is 0.184. The Balaban J connectivity index is 3.30. The number of hydrogen-bond donors (Lipinski definition) is 0. The number of pyridine rings is 1. The van der Waals surface area contributed by atoms with Crippen molar-refractivity contribution in [3.8, 4) is 6.07 Å². The van der Waals surface area contributed by atoms with Crippen molar-refractivity contribution in [1.82, 2.24) is 4.98 Å². The molecular formula is C8H3F5N2. The Hall–Kier alpha value is -1.71. The lowest BCUT2D eigenvalue weighted by atomic mass is 10.1. The molecule has 1 aromatic heterocycles. The van der Waals surface area contributed by atoms with Crippen LogP contribution in [0.5, 0.6) is 0 Å². The first-order valence-electron chi connectivity index (χ1n) is 3.61. The highest BCUT2D eigenvalue weighted by Crippen LogP contribution is 2.31. The molecule has 0 aliphatic heterocycles. The Morgan fingerprint density at radius 2 is 1.93 bits per heavy atom. The van der Waals surface area contributed by atoms with E-state index in [1.165, 1.54) is 6.07 Å². The Labute approximate surface area is 81.0 Å². The summed E-state index contributed by atoms with van der Waals surface area (Å²) in [6.45, 7) is 0. The average molecular weight is 222 g/mol. The molecule has 0 unspecified atom stereocenters. The van der Waals surface area contributed by atoms with Crippen LogP contribution in [-0.4, -0.2) is 4.98 Å². The van der Waals surface area contributed by atoms with Gasteiger partial charge in [0.2, 0.25) is 0 Å². The average Bonchev–Trinajstić information content (AvgIpc) is 2.15. The van der Waals surface area contributed by atoms with Gasteiger partial charge in [0.05, 0.1) is 5.56 Å². The van der Waals surface area contributed by atoms with Gasteiger partial charge in [0.1, 0.15) is 11.8 Å². The smallest absolute Gasteiger partial charge is 0.250 e. The molecule has 0 fully saturated rings. The summed E-state index contributed by atoms with van der Waals surface area (Å²) in [5.74, 6) is 0. The zero-order valence-corrected chi connectivity index (χ0v) is 7.02. The van der Waals surface area contributed by atoms with E-state index in [-0.39, 0.29) is 6.07 Å². The number of halogens is 5. The van der Waals surface area contributed by atoms with Crippen LogP contribution in [0.2, 0.25) is 0 Å². The van der Waals surface area contributed by atoms with Crippen molar-refractivity contribution < 1.29 is 22.0 Å². The number of rotatable bonds is 1. The van der Waals surface area contributed by atoms with Crippen LogP contribution in [0.4, 0.5) is 22.0 Å². The van der Waals surface area contributed by atoms with Crippen molar-refractivity contribution in [1.29, 1.82) is 5.26 Å². The van der Waals surface area contributed by atoms with Gasteiger partial charge in [-0.25, -0.2) is 8.78 Å². The molecule has 0 radical (unpaired) electrons. The van der Waals surface area contributed by atoms with Gasteiger partial charge in [-0.15, -0.1) is 0 Å². The third-order valence-electron chi connectivity index (χ3n) is 1.58. The third kappa shape index (κ3) is 2.40. The second-order valence-corrected chi connectivity index (χ2v) is 2.57. The van der Waals surface area contributed by atoms with Crippen LogP contribution in [0.1, 0.15) is 23.2 Å². The monoisotopic (exact) mass is 222 g/mol. The van der Waals surface area contributed by atoms with Crippen molar-refractivity contribution >= 4 is 0 Å². The van der Waals surface area contributed by atoms with E-state index in [1.807, 2.05) is 0 Å². The molecule has 0 amide bonds. The number of nitriles is 1. The first kappa shape index (κ1) is 11.4. The molecule has 0 atom stereocenters. The molecular weight excluding hydrogens is 219 g/mol. The lowest BCUT2D eigenvalue weighted by molar-refractivity contribution is -0.141. The largest absolute Gasteiger partial charge is 0.433 e. The molecule has 1 aromatic rings. The van der Waals surface area contributed by atoms with Crippen molar-refractivity contribution in [2.45, 2.75) is 12.6 Å². The van der Waals surface area contributed by atoms with Gasteiger partial charge in [0, 0.05) is 11.8 Å². The van der Waals surface area contributed by atoms with E-state index in [0.29, 0.717) is 6.20 Å². The van der Waals surface area contributed by atoms with Crippen LogP contribution in [0, 0.1) is 11.3 Å². The molecule has 0 spiro atoms. The highest BCUT2D eigenvalue weighted by molar-refractivity contribution is 5.37. The van der Waals surface area contributed by atoms with Crippen LogP contribution in [0.25, 0.3) is 0 Å². The number of alkyl halides is 5. The summed E-state index contributed by atoms with van der Waals surface area (Å²) in [4.78, 5) is 2.88. The molecule has 1 heterocycles. The van der Waals surface area contributed by atoms with E-state index in [4.69, 9.17) is 5.26 Å². The summed E-state index contributed by atoms with van der Waals surface area (Å²) >= 11 is 0. The minimum atomic E-state index is -4.79. The standard InChI is InChI=1S/C8H3F5N2/c9-7(10)5-1-6(8(11,12)13)15-3-4(5)2-14/h1,3,7H. The van der Waals surface area contributed by atoms with Gasteiger partial charge >= 0.3 is 6.18 Å². The predicted molar refractivity (Wildman–Crippen MR) is 38.9 cm³/mol. The van der Waals surface area contributed by atoms with E-state index in [9.17, 15) is 22.0 Å². The molecule has 0 N–H and O–H groups in total. The zero-order chi connectivity index (χ0) is 11.6. The fourth-order valence-corrected chi connectivity index (χ4v) is 0.900. The van der Waals surface area contributed by atoms with Crippen LogP contribution in [0.3, 0.4) is 0 Å². The van der Waals surface area contributed by atoms with E-state index in [2.05, 4.69) is 4.98 Å². The highest BCUT2D eigenvalue weighted by atomic mass is 19.4. The number of hydrogen-bond acceptors (Lipinski definition) is 2. The fraction of sp³-hybridized carbons (Fsp3) is 0.250. The van der Waals surface area contributed by atoms with Crippen LogP contribution in [0.15, 0.2) is 12.3 Å². The summed E-state index contributed by atoms with van der Waals surface area (Å²) in [5, 5.41) is 8.36. The Morgan fingerprint density at radius 1 is 1.33 bits per heavy atom. The lowest BCUT2D eigenvalue weighted by Gasteiger charge is -2.08. The zero-order valence-electron chi connectivity index (χ0n) is 7.02. The topological polar surface area (TPSA) is 36.7 Å². The fourth-order valence-electron chi connectivity index (χ4n) is 0.900. The summed E-state index contributed by atoms with van der Waals surface area (Å²) in [5.41, 5.74) is -2.95. The molecule has 0 bridgehead atoms. The summed E-state index contributed by atoms with van der Waals surface area (Å²) in [6.07, 6.45) is -7.44. The predicted octanol–water partition coefficient (Wildman–Crippen LogP) is 2.91. The van der Waals surface area contributed by atoms with Gasteiger partial charge in [-0.05, 0) is 6.07 Å². The van der Waals surface area contributed by atoms with Crippen LogP contribution in [-0.2, 0) is 6.18 Å². The first-order valence-corrected chi connectivity index (χ1v) is 3.61. The molecule has 0 aliphatic carbocycles. The van der Waals surface area contributed by atoms with Crippen molar-refractivity contribution in [3.63, 3.8) is 0 Å². The van der Waals surface area contributed by atoms with E-state index in [1.54, 1.807) is 0 Å². The number of nitrogens with zero attached hydrogens (tertiary/aromatic N) is 2. The molecule has 2 nitrogen and oxygen atoms in total. The maximum Gasteiger partial charge on any atom is 0.433 e. The first-order chi connectivity index (χ1) is 6.86. The van der Waals surface area contributed by atoms with Gasteiger partial charge in [-0.1, -0.05) is 0 Å². The third-order valence-corrected chi connectivity index (χ3v) is 1.58.